The Hall–Kier alpha value is -0.860. The van der Waals surface area contributed by atoms with Crippen molar-refractivity contribution < 1.29 is 0 Å². The van der Waals surface area contributed by atoms with Crippen molar-refractivity contribution in [3.05, 3.63) is 12.7 Å². The first-order valence-electron chi connectivity index (χ1n) is 3.09. The molecule has 1 rings (SSSR count). The molecule has 1 heterocycles. The monoisotopic (exact) mass is 127 g/mol. The predicted octanol–water partition coefficient (Wildman–Crippen LogP) is 1.23. The molecule has 0 unspecified atom stereocenters. The summed E-state index contributed by atoms with van der Waals surface area (Å²) in [5.41, 5.74) is 0. The summed E-state index contributed by atoms with van der Waals surface area (Å²) in [5.74, 6) is 0. The third kappa shape index (κ3) is 5.00. The average molecular weight is 127 g/mol. The van der Waals surface area contributed by atoms with Crippen molar-refractivity contribution in [3.8, 4) is 0 Å². The molecule has 0 aliphatic rings. The van der Waals surface area contributed by atoms with Gasteiger partial charge in [0.05, 0.1) is 0 Å². The molecule has 0 spiro atoms. The van der Waals surface area contributed by atoms with E-state index < -0.39 is 0 Å². The topological polar surface area (TPSA) is 30.7 Å². The summed E-state index contributed by atoms with van der Waals surface area (Å²) in [7, 11) is 1.83. The third-order valence-corrected chi connectivity index (χ3v) is 0.534. The van der Waals surface area contributed by atoms with Gasteiger partial charge in [-0.2, -0.15) is 5.10 Å². The normalized spacial score (nSPS) is 7.89. The van der Waals surface area contributed by atoms with E-state index in [9.17, 15) is 0 Å². The molecule has 0 aliphatic carbocycles. The summed E-state index contributed by atoms with van der Waals surface area (Å²) < 4.78 is 1.64. The highest BCUT2D eigenvalue weighted by Gasteiger charge is 1.70. The Balaban J connectivity index is 0.000000187. The lowest BCUT2D eigenvalue weighted by molar-refractivity contribution is 0.765. The number of aromatic nitrogens is 3. The van der Waals surface area contributed by atoms with Crippen molar-refractivity contribution in [2.45, 2.75) is 20.3 Å². The summed E-state index contributed by atoms with van der Waals surface area (Å²) in [5, 5.41) is 3.72. The van der Waals surface area contributed by atoms with E-state index in [1.54, 1.807) is 11.0 Å². The smallest absolute Gasteiger partial charge is 0.137 e. The third-order valence-electron chi connectivity index (χ3n) is 0.534. The molecule has 0 aromatic carbocycles. The first-order chi connectivity index (χ1) is 4.31. The van der Waals surface area contributed by atoms with Crippen LogP contribution in [0.4, 0.5) is 0 Å². The first-order valence-corrected chi connectivity index (χ1v) is 3.09. The van der Waals surface area contributed by atoms with Gasteiger partial charge in [-0.05, 0) is 0 Å². The van der Waals surface area contributed by atoms with Gasteiger partial charge in [0.15, 0.2) is 0 Å². The zero-order valence-corrected chi connectivity index (χ0v) is 6.20. The van der Waals surface area contributed by atoms with Gasteiger partial charge in [0, 0.05) is 7.05 Å². The van der Waals surface area contributed by atoms with Gasteiger partial charge in [-0.15, -0.1) is 0 Å². The van der Waals surface area contributed by atoms with E-state index in [1.165, 1.54) is 12.7 Å². The Labute approximate surface area is 55.7 Å². The molecule has 0 atom stereocenters. The summed E-state index contributed by atoms with van der Waals surface area (Å²) in [4.78, 5) is 3.67. The molecule has 9 heavy (non-hydrogen) atoms. The second kappa shape index (κ2) is 5.28. The Morgan fingerprint density at radius 1 is 1.44 bits per heavy atom. The highest BCUT2D eigenvalue weighted by Crippen LogP contribution is 1.64. The van der Waals surface area contributed by atoms with E-state index >= 15 is 0 Å². The van der Waals surface area contributed by atoms with Crippen molar-refractivity contribution >= 4 is 0 Å². The minimum atomic E-state index is 1.25. The molecule has 3 heteroatoms. The minimum absolute atomic E-state index is 1.25. The molecule has 0 radical (unpaired) electrons. The van der Waals surface area contributed by atoms with Crippen LogP contribution in [0.25, 0.3) is 0 Å². The maximum absolute atomic E-state index is 3.72. The Morgan fingerprint density at radius 3 is 2.11 bits per heavy atom. The van der Waals surface area contributed by atoms with E-state index in [4.69, 9.17) is 0 Å². The zero-order valence-electron chi connectivity index (χ0n) is 6.20. The minimum Gasteiger partial charge on any atom is -0.256 e. The van der Waals surface area contributed by atoms with E-state index in [2.05, 4.69) is 23.9 Å². The summed E-state index contributed by atoms with van der Waals surface area (Å²) >= 11 is 0. The van der Waals surface area contributed by atoms with Gasteiger partial charge in [-0.3, -0.25) is 4.68 Å². The predicted molar refractivity (Wildman–Crippen MR) is 37.0 cm³/mol. The Bertz CT molecular complexity index is 123. The van der Waals surface area contributed by atoms with Crippen LogP contribution in [0, 0.1) is 0 Å². The van der Waals surface area contributed by atoms with Crippen LogP contribution in [0.3, 0.4) is 0 Å². The highest BCUT2D eigenvalue weighted by atomic mass is 15.3. The van der Waals surface area contributed by atoms with Crippen molar-refractivity contribution in [1.82, 2.24) is 14.8 Å². The van der Waals surface area contributed by atoms with Crippen molar-refractivity contribution in [3.63, 3.8) is 0 Å². The van der Waals surface area contributed by atoms with Crippen LogP contribution in [0.2, 0.25) is 0 Å². The van der Waals surface area contributed by atoms with E-state index in [-0.39, 0.29) is 0 Å². The van der Waals surface area contributed by atoms with E-state index in [0.29, 0.717) is 0 Å². The second-order valence-electron chi connectivity index (χ2n) is 1.78. The van der Waals surface area contributed by atoms with E-state index in [1.807, 2.05) is 7.05 Å². The molecule has 0 bridgehead atoms. The molecule has 0 saturated heterocycles. The van der Waals surface area contributed by atoms with Crippen LogP contribution in [0.1, 0.15) is 20.3 Å². The quantitative estimate of drug-likeness (QED) is 0.524. The lowest BCUT2D eigenvalue weighted by Gasteiger charge is -1.74. The molecule has 3 nitrogen and oxygen atoms in total. The lowest BCUT2D eigenvalue weighted by atomic mass is 10.6. The summed E-state index contributed by atoms with van der Waals surface area (Å²) in [6.07, 6.45) is 4.39. The van der Waals surface area contributed by atoms with Crippen LogP contribution in [0.15, 0.2) is 12.7 Å². The largest absolute Gasteiger partial charge is 0.256 e. The Morgan fingerprint density at radius 2 is 2.00 bits per heavy atom. The van der Waals surface area contributed by atoms with Crippen LogP contribution >= 0.6 is 0 Å². The second-order valence-corrected chi connectivity index (χ2v) is 1.78. The molecule has 1 aromatic heterocycles. The molecule has 0 saturated carbocycles. The van der Waals surface area contributed by atoms with Gasteiger partial charge in [0.1, 0.15) is 12.7 Å². The summed E-state index contributed by atoms with van der Waals surface area (Å²) in [6.45, 7) is 4.25. The van der Waals surface area contributed by atoms with Gasteiger partial charge in [-0.25, -0.2) is 4.98 Å². The molecular weight excluding hydrogens is 114 g/mol. The number of aryl methyl sites for hydroxylation is 1. The zero-order chi connectivity index (χ0) is 7.11. The molecular formula is C6H13N3. The van der Waals surface area contributed by atoms with Gasteiger partial charge >= 0.3 is 0 Å². The maximum Gasteiger partial charge on any atom is 0.137 e. The fourth-order valence-electron chi connectivity index (χ4n) is 0.267. The summed E-state index contributed by atoms with van der Waals surface area (Å²) in [6, 6.07) is 0. The number of hydrogen-bond acceptors (Lipinski definition) is 2. The molecule has 0 N–H and O–H groups in total. The van der Waals surface area contributed by atoms with Crippen LogP contribution < -0.4 is 0 Å². The van der Waals surface area contributed by atoms with Crippen LogP contribution in [-0.4, -0.2) is 14.8 Å². The number of nitrogens with zero attached hydrogens (tertiary/aromatic N) is 3. The molecule has 0 fully saturated rings. The van der Waals surface area contributed by atoms with Gasteiger partial charge < -0.3 is 0 Å². The van der Waals surface area contributed by atoms with E-state index in [0.717, 1.165) is 0 Å². The number of hydrogen-bond donors (Lipinski definition) is 0. The van der Waals surface area contributed by atoms with Crippen molar-refractivity contribution in [2.75, 3.05) is 0 Å². The fraction of sp³-hybridized carbons (Fsp3) is 0.667. The molecule has 1 aromatic rings. The van der Waals surface area contributed by atoms with Gasteiger partial charge in [0.2, 0.25) is 0 Å². The fourth-order valence-corrected chi connectivity index (χ4v) is 0.267. The molecule has 0 amide bonds. The lowest BCUT2D eigenvalue weighted by Crippen LogP contribution is -1.83. The standard InChI is InChI=1S/C3H5N3.C3H8/c1-6-3-4-2-5-6;1-3-2/h2-3H,1H3;3H2,1-2H3. The SMILES string of the molecule is CCC.Cn1cncn1. The highest BCUT2D eigenvalue weighted by molar-refractivity contribution is 4.49. The number of rotatable bonds is 0. The molecule has 52 valence electrons. The molecule has 0 aliphatic heterocycles. The maximum atomic E-state index is 3.72. The van der Waals surface area contributed by atoms with Gasteiger partial charge in [0.25, 0.3) is 0 Å². The van der Waals surface area contributed by atoms with Crippen molar-refractivity contribution in [2.24, 2.45) is 7.05 Å². The van der Waals surface area contributed by atoms with Crippen molar-refractivity contribution in [1.29, 1.82) is 0 Å². The first kappa shape index (κ1) is 8.14. The van der Waals surface area contributed by atoms with Gasteiger partial charge in [-0.1, -0.05) is 20.3 Å². The van der Waals surface area contributed by atoms with Crippen LogP contribution in [-0.2, 0) is 7.05 Å². The average Bonchev–Trinajstić information content (AvgIpc) is 2.20. The van der Waals surface area contributed by atoms with Crippen LogP contribution in [0.5, 0.6) is 0 Å². The Kier molecular flexibility index (Phi) is 4.78.